The fraction of sp³-hybridized carbons (Fsp3) is 0.0769. The van der Waals surface area contributed by atoms with Crippen molar-refractivity contribution in [2.24, 2.45) is 0 Å². The number of hydrogen-bond acceptors (Lipinski definition) is 3. The van der Waals surface area contributed by atoms with E-state index in [0.717, 1.165) is 0 Å². The number of halogens is 4. The Balaban J connectivity index is 2.24. The lowest BCUT2D eigenvalue weighted by atomic mass is 10.2. The minimum atomic E-state index is -2.70. The maximum Gasteiger partial charge on any atom is 0.290 e. The number of aromatic nitrogens is 1. The van der Waals surface area contributed by atoms with Crippen molar-refractivity contribution in [3.8, 4) is 0 Å². The molecule has 0 saturated carbocycles. The van der Waals surface area contributed by atoms with Gasteiger partial charge in [-0.1, -0.05) is 15.9 Å². The molecule has 1 aromatic carbocycles. The van der Waals surface area contributed by atoms with Gasteiger partial charge < -0.3 is 5.32 Å². The standard InChI is InChI=1S/C13H8BrF3N2OS/c14-7-3-4-10(9(15)6-7)19-11(20)8-2-1-5-18-12(8)21-13(16)17/h1-6,13H,(H,19,20). The van der Waals surface area contributed by atoms with E-state index in [1.165, 1.54) is 30.5 Å². The number of amides is 1. The third-order valence-electron chi connectivity index (χ3n) is 2.40. The molecule has 0 fully saturated rings. The molecule has 1 aromatic heterocycles. The molecule has 1 amide bonds. The summed E-state index contributed by atoms with van der Waals surface area (Å²) >= 11 is 3.26. The van der Waals surface area contributed by atoms with Crippen LogP contribution in [0, 0.1) is 5.82 Å². The highest BCUT2D eigenvalue weighted by Gasteiger charge is 2.17. The summed E-state index contributed by atoms with van der Waals surface area (Å²) in [5.41, 5.74) is -0.0785. The van der Waals surface area contributed by atoms with Crippen molar-refractivity contribution in [2.75, 3.05) is 5.32 Å². The first kappa shape index (κ1) is 15.8. The molecular weight excluding hydrogens is 369 g/mol. The summed E-state index contributed by atoms with van der Waals surface area (Å²) in [6.45, 7) is 0. The van der Waals surface area contributed by atoms with E-state index in [1.54, 1.807) is 6.07 Å². The molecule has 0 saturated heterocycles. The van der Waals surface area contributed by atoms with Crippen molar-refractivity contribution in [1.82, 2.24) is 4.98 Å². The largest absolute Gasteiger partial charge is 0.319 e. The maximum atomic E-state index is 13.7. The van der Waals surface area contributed by atoms with Crippen LogP contribution in [0.2, 0.25) is 0 Å². The van der Waals surface area contributed by atoms with Crippen LogP contribution in [0.25, 0.3) is 0 Å². The second-order valence-electron chi connectivity index (χ2n) is 3.81. The number of nitrogens with zero attached hydrogens (tertiary/aromatic N) is 1. The molecule has 8 heteroatoms. The Morgan fingerprint density at radius 3 is 2.76 bits per heavy atom. The van der Waals surface area contributed by atoms with Crippen LogP contribution in [-0.2, 0) is 0 Å². The Morgan fingerprint density at radius 2 is 2.10 bits per heavy atom. The number of carbonyl (C=O) groups is 1. The summed E-state index contributed by atoms with van der Waals surface area (Å²) < 4.78 is 39.0. The van der Waals surface area contributed by atoms with E-state index in [-0.39, 0.29) is 28.0 Å². The first-order valence-electron chi connectivity index (χ1n) is 5.63. The highest BCUT2D eigenvalue weighted by Crippen LogP contribution is 2.27. The van der Waals surface area contributed by atoms with Crippen molar-refractivity contribution in [3.63, 3.8) is 0 Å². The molecule has 0 spiro atoms. The minimum Gasteiger partial charge on any atom is -0.319 e. The molecule has 0 aliphatic carbocycles. The third kappa shape index (κ3) is 4.21. The van der Waals surface area contributed by atoms with Crippen LogP contribution in [0.5, 0.6) is 0 Å². The minimum absolute atomic E-state index is 0.0369. The van der Waals surface area contributed by atoms with Gasteiger partial charge >= 0.3 is 0 Å². The van der Waals surface area contributed by atoms with Gasteiger partial charge in [-0.15, -0.1) is 0 Å². The van der Waals surface area contributed by atoms with E-state index < -0.39 is 17.5 Å². The van der Waals surface area contributed by atoms with Crippen LogP contribution in [-0.4, -0.2) is 16.6 Å². The van der Waals surface area contributed by atoms with Crippen LogP contribution in [0.4, 0.5) is 18.9 Å². The zero-order chi connectivity index (χ0) is 15.4. The fourth-order valence-electron chi connectivity index (χ4n) is 1.52. The monoisotopic (exact) mass is 376 g/mol. The molecule has 0 unspecified atom stereocenters. The number of alkyl halides is 2. The van der Waals surface area contributed by atoms with Gasteiger partial charge in [-0.2, -0.15) is 8.78 Å². The highest BCUT2D eigenvalue weighted by molar-refractivity contribution is 9.10. The Kier molecular flexibility index (Phi) is 5.24. The van der Waals surface area contributed by atoms with E-state index in [0.29, 0.717) is 4.47 Å². The van der Waals surface area contributed by atoms with Crippen LogP contribution >= 0.6 is 27.7 Å². The number of thioether (sulfide) groups is 1. The fourth-order valence-corrected chi connectivity index (χ4v) is 2.43. The van der Waals surface area contributed by atoms with Crippen LogP contribution in [0.3, 0.4) is 0 Å². The summed E-state index contributed by atoms with van der Waals surface area (Å²) in [4.78, 5) is 15.8. The number of nitrogens with one attached hydrogen (secondary N) is 1. The van der Waals surface area contributed by atoms with Gasteiger partial charge in [0.25, 0.3) is 11.7 Å². The van der Waals surface area contributed by atoms with Gasteiger partial charge in [0.2, 0.25) is 0 Å². The number of anilines is 1. The quantitative estimate of drug-likeness (QED) is 0.795. The average Bonchev–Trinajstić information content (AvgIpc) is 2.42. The summed E-state index contributed by atoms with van der Waals surface area (Å²) in [5.74, 6) is -4.03. The van der Waals surface area contributed by atoms with E-state index in [2.05, 4.69) is 26.2 Å². The Morgan fingerprint density at radius 1 is 1.33 bits per heavy atom. The Labute approximate surface area is 131 Å². The number of rotatable bonds is 4. The van der Waals surface area contributed by atoms with E-state index in [9.17, 15) is 18.0 Å². The lowest BCUT2D eigenvalue weighted by molar-refractivity contribution is 0.102. The van der Waals surface area contributed by atoms with Gasteiger partial charge in [-0.3, -0.25) is 4.79 Å². The van der Waals surface area contributed by atoms with Gasteiger partial charge in [0.05, 0.1) is 11.3 Å². The van der Waals surface area contributed by atoms with Crippen molar-refractivity contribution in [2.45, 2.75) is 10.8 Å². The van der Waals surface area contributed by atoms with Gasteiger partial charge in [0, 0.05) is 10.7 Å². The topological polar surface area (TPSA) is 42.0 Å². The lowest BCUT2D eigenvalue weighted by Crippen LogP contribution is -2.14. The number of pyridine rings is 1. The molecule has 1 N–H and O–H groups in total. The van der Waals surface area contributed by atoms with Gasteiger partial charge in [-0.25, -0.2) is 9.37 Å². The zero-order valence-corrected chi connectivity index (χ0v) is 12.7. The molecule has 0 aliphatic heterocycles. The SMILES string of the molecule is O=C(Nc1ccc(Br)cc1F)c1cccnc1SC(F)F. The molecule has 0 radical (unpaired) electrons. The smallest absolute Gasteiger partial charge is 0.290 e. The van der Waals surface area contributed by atoms with Crippen LogP contribution < -0.4 is 5.32 Å². The molecule has 0 bridgehead atoms. The number of benzene rings is 1. The number of hydrogen-bond donors (Lipinski definition) is 1. The lowest BCUT2D eigenvalue weighted by Gasteiger charge is -2.09. The van der Waals surface area contributed by atoms with Crippen molar-refractivity contribution >= 4 is 39.3 Å². The van der Waals surface area contributed by atoms with E-state index >= 15 is 0 Å². The predicted molar refractivity (Wildman–Crippen MR) is 78.2 cm³/mol. The molecule has 2 rings (SSSR count). The van der Waals surface area contributed by atoms with Crippen LogP contribution in [0.15, 0.2) is 46.0 Å². The van der Waals surface area contributed by atoms with Crippen molar-refractivity contribution in [1.29, 1.82) is 0 Å². The van der Waals surface area contributed by atoms with E-state index in [1.807, 2.05) is 0 Å². The normalized spacial score (nSPS) is 10.7. The molecule has 2 aromatic rings. The molecule has 1 heterocycles. The molecule has 0 atom stereocenters. The maximum absolute atomic E-state index is 13.7. The predicted octanol–water partition coefficient (Wildman–Crippen LogP) is 4.55. The average molecular weight is 377 g/mol. The molecule has 3 nitrogen and oxygen atoms in total. The first-order valence-corrected chi connectivity index (χ1v) is 7.31. The van der Waals surface area contributed by atoms with E-state index in [4.69, 9.17) is 0 Å². The van der Waals surface area contributed by atoms with Gasteiger partial charge in [0.15, 0.2) is 0 Å². The van der Waals surface area contributed by atoms with Crippen molar-refractivity contribution < 1.29 is 18.0 Å². The zero-order valence-electron chi connectivity index (χ0n) is 10.3. The Hall–Kier alpha value is -1.54. The second-order valence-corrected chi connectivity index (χ2v) is 5.71. The van der Waals surface area contributed by atoms with Crippen molar-refractivity contribution in [3.05, 3.63) is 52.4 Å². The highest BCUT2D eigenvalue weighted by atomic mass is 79.9. The molecular formula is C13H8BrF3N2OS. The van der Waals surface area contributed by atoms with Crippen LogP contribution in [0.1, 0.15) is 10.4 Å². The third-order valence-corrected chi connectivity index (χ3v) is 3.62. The second kappa shape index (κ2) is 6.95. The number of carbonyl (C=O) groups excluding carboxylic acids is 1. The molecule has 110 valence electrons. The summed E-state index contributed by atoms with van der Waals surface area (Å²) in [7, 11) is 0. The van der Waals surface area contributed by atoms with Gasteiger partial charge in [-0.05, 0) is 42.1 Å². The summed E-state index contributed by atoms with van der Waals surface area (Å²) in [6.07, 6.45) is 1.31. The first-order chi connectivity index (χ1) is 9.97. The molecule has 0 aliphatic rings. The molecule has 21 heavy (non-hydrogen) atoms. The summed E-state index contributed by atoms with van der Waals surface area (Å²) in [6, 6.07) is 6.91. The van der Waals surface area contributed by atoms with Gasteiger partial charge in [0.1, 0.15) is 10.8 Å². The summed E-state index contributed by atoms with van der Waals surface area (Å²) in [5, 5.41) is 2.23. The Bertz CT molecular complexity index is 670.